The van der Waals surface area contributed by atoms with Crippen LogP contribution in [-0.4, -0.2) is 72.0 Å². The molecular weight excluding hydrogens is 453 g/mol. The molecule has 2 aromatic carbocycles. The van der Waals surface area contributed by atoms with Crippen molar-refractivity contribution in [2.24, 2.45) is 5.92 Å². The Morgan fingerprint density at radius 1 is 1.12 bits per heavy atom. The highest BCUT2D eigenvalue weighted by atomic mass is 32.2. The summed E-state index contributed by atoms with van der Waals surface area (Å²) in [7, 11) is -0.303. The zero-order valence-electron chi connectivity index (χ0n) is 20.0. The van der Waals surface area contributed by atoms with Gasteiger partial charge in [-0.3, -0.25) is 4.90 Å². The van der Waals surface area contributed by atoms with Crippen LogP contribution < -0.4 is 0 Å². The Labute approximate surface area is 200 Å². The molecule has 1 saturated carbocycles. The molecule has 1 atom stereocenters. The van der Waals surface area contributed by atoms with Crippen molar-refractivity contribution in [1.82, 2.24) is 23.3 Å². The summed E-state index contributed by atoms with van der Waals surface area (Å²) >= 11 is 0. The Hall–Kier alpha value is -2.33. The van der Waals surface area contributed by atoms with E-state index in [1.165, 1.54) is 35.7 Å². The van der Waals surface area contributed by atoms with Gasteiger partial charge in [-0.15, -0.1) is 0 Å². The van der Waals surface area contributed by atoms with Crippen LogP contribution in [0.1, 0.15) is 36.4 Å². The molecule has 3 aromatic rings. The molecule has 1 aliphatic heterocycles. The zero-order valence-corrected chi connectivity index (χ0v) is 20.8. The lowest BCUT2D eigenvalue weighted by atomic mass is 9.84. The van der Waals surface area contributed by atoms with Gasteiger partial charge in [-0.1, -0.05) is 6.42 Å². The van der Waals surface area contributed by atoms with E-state index in [0.29, 0.717) is 19.0 Å². The van der Waals surface area contributed by atoms with Gasteiger partial charge in [-0.05, 0) is 73.2 Å². The maximum absolute atomic E-state index is 13.4. The number of aryl methyl sites for hydroxylation is 1. The van der Waals surface area contributed by atoms with Crippen LogP contribution in [0.2, 0.25) is 0 Å². The van der Waals surface area contributed by atoms with E-state index in [1.54, 1.807) is 30.5 Å². The molecular formula is C25H32FN5O2S. The van der Waals surface area contributed by atoms with Crippen LogP contribution in [-0.2, 0) is 10.2 Å². The van der Waals surface area contributed by atoms with Crippen molar-refractivity contribution in [1.29, 1.82) is 0 Å². The van der Waals surface area contributed by atoms with E-state index in [2.05, 4.69) is 29.1 Å². The van der Waals surface area contributed by atoms with E-state index in [9.17, 15) is 12.8 Å². The zero-order chi connectivity index (χ0) is 24.0. The van der Waals surface area contributed by atoms with Gasteiger partial charge in [0.15, 0.2) is 0 Å². The molecule has 2 heterocycles. The first kappa shape index (κ1) is 23.4. The average Bonchev–Trinajstić information content (AvgIpc) is 3.18. The second-order valence-corrected chi connectivity index (χ2v) is 11.9. The molecule has 1 aromatic heterocycles. The fraction of sp³-hybridized carbons (Fsp3) is 0.480. The minimum absolute atomic E-state index is 0.0114. The molecule has 9 heteroatoms. The van der Waals surface area contributed by atoms with E-state index >= 15 is 0 Å². The lowest BCUT2D eigenvalue weighted by molar-refractivity contribution is 0.0789. The van der Waals surface area contributed by atoms with Gasteiger partial charge in [-0.25, -0.2) is 9.07 Å². The van der Waals surface area contributed by atoms with Crippen molar-refractivity contribution in [3.8, 4) is 5.69 Å². The first-order valence-electron chi connectivity index (χ1n) is 11.9. The van der Waals surface area contributed by atoms with E-state index in [-0.39, 0.29) is 11.9 Å². The summed E-state index contributed by atoms with van der Waals surface area (Å²) in [5.41, 5.74) is 4.00. The van der Waals surface area contributed by atoms with Gasteiger partial charge in [0, 0.05) is 51.7 Å². The Kier molecular flexibility index (Phi) is 6.22. The van der Waals surface area contributed by atoms with E-state index in [1.807, 2.05) is 10.9 Å². The number of rotatable bonds is 6. The smallest absolute Gasteiger partial charge is 0.281 e. The number of halogens is 1. The summed E-state index contributed by atoms with van der Waals surface area (Å²) in [5, 5.41) is 5.54. The second kappa shape index (κ2) is 9.03. The number of benzene rings is 2. The van der Waals surface area contributed by atoms with Crippen molar-refractivity contribution in [2.45, 2.75) is 32.2 Å². The Morgan fingerprint density at radius 3 is 2.50 bits per heavy atom. The van der Waals surface area contributed by atoms with E-state index in [0.717, 1.165) is 40.8 Å². The van der Waals surface area contributed by atoms with Gasteiger partial charge in [0.25, 0.3) is 10.2 Å². The first-order chi connectivity index (χ1) is 16.2. The quantitative estimate of drug-likeness (QED) is 0.534. The van der Waals surface area contributed by atoms with E-state index < -0.39 is 10.2 Å². The van der Waals surface area contributed by atoms with Crippen molar-refractivity contribution >= 4 is 21.1 Å². The van der Waals surface area contributed by atoms with Crippen molar-refractivity contribution in [3.05, 3.63) is 59.5 Å². The molecule has 0 radical (unpaired) electrons. The summed E-state index contributed by atoms with van der Waals surface area (Å²) < 4.78 is 44.0. The number of hydrogen-bond acceptors (Lipinski definition) is 4. The standard InChI is InChI=1S/C25H32FN5O2S/c1-18-13-24-20(15-27-31(24)22-9-7-21(26)8-10-22)14-23(18)25-17-30(34(32,33)28(2)3)12-11-29(25)16-19-5-4-6-19/h7-10,13-15,19,25H,4-6,11-12,16-17H2,1-3H3. The highest BCUT2D eigenvalue weighted by molar-refractivity contribution is 7.86. The molecule has 2 fully saturated rings. The molecule has 5 rings (SSSR count). The SMILES string of the molecule is Cc1cc2c(cnn2-c2ccc(F)cc2)cc1C1CN(S(=O)(=O)N(C)C)CCN1CC1CCC1. The predicted molar refractivity (Wildman–Crippen MR) is 132 cm³/mol. The van der Waals surface area contributed by atoms with Crippen molar-refractivity contribution < 1.29 is 12.8 Å². The monoisotopic (exact) mass is 485 g/mol. The van der Waals surface area contributed by atoms with Crippen LogP contribution in [0.5, 0.6) is 0 Å². The van der Waals surface area contributed by atoms with Gasteiger partial charge in [0.2, 0.25) is 0 Å². The summed E-state index contributed by atoms with van der Waals surface area (Å²) in [6.07, 6.45) is 5.63. The minimum Gasteiger partial charge on any atom is -0.293 e. The first-order valence-corrected chi connectivity index (χ1v) is 13.3. The van der Waals surface area contributed by atoms with Gasteiger partial charge in [0.1, 0.15) is 5.82 Å². The molecule has 0 spiro atoms. The van der Waals surface area contributed by atoms with Crippen LogP contribution in [0.4, 0.5) is 4.39 Å². The summed E-state index contributed by atoms with van der Waals surface area (Å²) in [6, 6.07) is 10.6. The number of nitrogens with zero attached hydrogens (tertiary/aromatic N) is 5. The summed E-state index contributed by atoms with van der Waals surface area (Å²) in [4.78, 5) is 2.48. The maximum Gasteiger partial charge on any atom is 0.281 e. The van der Waals surface area contributed by atoms with Crippen LogP contribution >= 0.6 is 0 Å². The van der Waals surface area contributed by atoms with E-state index in [4.69, 9.17) is 0 Å². The molecule has 1 saturated heterocycles. The number of aromatic nitrogens is 2. The van der Waals surface area contributed by atoms with Crippen molar-refractivity contribution in [3.63, 3.8) is 0 Å². The molecule has 7 nitrogen and oxygen atoms in total. The molecule has 34 heavy (non-hydrogen) atoms. The van der Waals surface area contributed by atoms with Crippen LogP contribution in [0, 0.1) is 18.7 Å². The fourth-order valence-corrected chi connectivity index (χ4v) is 6.20. The normalized spacial score (nSPS) is 20.8. The molecule has 0 N–H and O–H groups in total. The molecule has 0 bridgehead atoms. The summed E-state index contributed by atoms with van der Waals surface area (Å²) in [5.74, 6) is 0.421. The highest BCUT2D eigenvalue weighted by Gasteiger charge is 2.37. The van der Waals surface area contributed by atoms with Gasteiger partial charge < -0.3 is 0 Å². The molecule has 182 valence electrons. The largest absolute Gasteiger partial charge is 0.293 e. The van der Waals surface area contributed by atoms with Gasteiger partial charge in [-0.2, -0.15) is 22.1 Å². The number of hydrogen-bond donors (Lipinski definition) is 0. The van der Waals surface area contributed by atoms with Gasteiger partial charge in [0.05, 0.1) is 17.4 Å². The lowest BCUT2D eigenvalue weighted by Crippen LogP contribution is -2.54. The molecule has 2 aliphatic rings. The maximum atomic E-state index is 13.4. The Morgan fingerprint density at radius 2 is 1.85 bits per heavy atom. The third-order valence-corrected chi connectivity index (χ3v) is 9.25. The van der Waals surface area contributed by atoms with Gasteiger partial charge >= 0.3 is 0 Å². The third kappa shape index (κ3) is 4.26. The fourth-order valence-electron chi connectivity index (χ4n) is 5.10. The second-order valence-electron chi connectivity index (χ2n) is 9.76. The minimum atomic E-state index is -3.48. The molecule has 0 amide bonds. The van der Waals surface area contributed by atoms with Crippen LogP contribution in [0.3, 0.4) is 0 Å². The molecule has 1 aliphatic carbocycles. The number of fused-ring (bicyclic) bond motifs is 1. The van der Waals surface area contributed by atoms with Crippen LogP contribution in [0.15, 0.2) is 42.6 Å². The Balaban J connectivity index is 1.52. The van der Waals surface area contributed by atoms with Crippen LogP contribution in [0.25, 0.3) is 16.6 Å². The average molecular weight is 486 g/mol. The summed E-state index contributed by atoms with van der Waals surface area (Å²) in [6.45, 7) is 4.75. The Bertz CT molecular complexity index is 1280. The lowest BCUT2D eigenvalue weighted by Gasteiger charge is -2.44. The third-order valence-electron chi connectivity index (χ3n) is 7.35. The molecule has 1 unspecified atom stereocenters. The predicted octanol–water partition coefficient (Wildman–Crippen LogP) is 3.74. The number of piperazine rings is 1. The van der Waals surface area contributed by atoms with Crippen molar-refractivity contribution in [2.75, 3.05) is 40.3 Å². The highest BCUT2D eigenvalue weighted by Crippen LogP contribution is 2.36. The topological polar surface area (TPSA) is 61.7 Å².